The van der Waals surface area contributed by atoms with Crippen LogP contribution in [0, 0.1) is 24.8 Å². The van der Waals surface area contributed by atoms with Crippen molar-refractivity contribution in [2.45, 2.75) is 6.92 Å². The number of benzene rings is 8. The number of allylic oxidation sites excluding steroid dienone is 1. The second kappa shape index (κ2) is 14.7. The van der Waals surface area contributed by atoms with Crippen molar-refractivity contribution in [3.63, 3.8) is 0 Å². The molecule has 0 saturated heterocycles. The van der Waals surface area contributed by atoms with Gasteiger partial charge in [0.2, 0.25) is 0 Å². The van der Waals surface area contributed by atoms with E-state index in [4.69, 9.17) is 9.40 Å². The molecular formula is C55H33N4OPt+. The molecular weight excluding hydrogens is 928 g/mol. The summed E-state index contributed by atoms with van der Waals surface area (Å²) < 4.78 is 13.3. The van der Waals surface area contributed by atoms with E-state index in [2.05, 4.69) is 204 Å². The van der Waals surface area contributed by atoms with Gasteiger partial charge in [0.25, 0.3) is 6.33 Å². The second-order valence-electron chi connectivity index (χ2n) is 15.1. The Balaban J connectivity index is 0.00000420. The second-order valence-corrected chi connectivity index (χ2v) is 15.1. The van der Waals surface area contributed by atoms with Crippen LogP contribution in [0.4, 0.5) is 0 Å². The van der Waals surface area contributed by atoms with E-state index >= 15 is 0 Å². The number of nitrogens with zero attached hydrogens (tertiary/aromatic N) is 4. The predicted molar refractivity (Wildman–Crippen MR) is 245 cm³/mol. The molecule has 61 heavy (non-hydrogen) atoms. The van der Waals surface area contributed by atoms with Gasteiger partial charge < -0.3 is 22.8 Å². The molecule has 2 aliphatic heterocycles. The standard InChI is InChI=1S/C55H33N4O.Pt/c1-2-29-57-34-56-53-42-19-9-21-44(53)46-23-11-25-48-47-24-10-22-45(54(47)60-55(46)48)43-20-12-28-51(52(43)39-16-8-14-37(33-39)40-17-3-5-26-49(40)57)59-31-30-58(35-59)50-27-6-4-18-41(50)36-13-7-15-38(42)32-36;/h2-31H,1H3;/q-3;+4/b29-2-;. The van der Waals surface area contributed by atoms with Crippen LogP contribution in [0.1, 0.15) is 6.92 Å². The van der Waals surface area contributed by atoms with Crippen LogP contribution in [-0.2, 0) is 21.1 Å². The van der Waals surface area contributed by atoms with Crippen molar-refractivity contribution in [3.8, 4) is 22.3 Å². The third-order valence-electron chi connectivity index (χ3n) is 11.6. The first-order valence-electron chi connectivity index (χ1n) is 20.1. The smallest absolute Gasteiger partial charge is 0.455 e. The van der Waals surface area contributed by atoms with Crippen LogP contribution in [0.25, 0.3) is 116 Å². The minimum Gasteiger partial charge on any atom is -0.455 e. The van der Waals surface area contributed by atoms with Crippen molar-refractivity contribution in [2.24, 2.45) is 0 Å². The minimum atomic E-state index is 0. The summed E-state index contributed by atoms with van der Waals surface area (Å²) in [6.07, 6.45) is 15.4. The summed E-state index contributed by atoms with van der Waals surface area (Å²) in [7, 11) is 0. The maximum Gasteiger partial charge on any atom is 4.00 e. The normalized spacial score (nSPS) is 11.8. The molecule has 0 atom stereocenters. The summed E-state index contributed by atoms with van der Waals surface area (Å²) in [6, 6.07) is 62.9. The van der Waals surface area contributed by atoms with Gasteiger partial charge in [-0.1, -0.05) is 156 Å². The third-order valence-corrected chi connectivity index (χ3v) is 11.6. The Kier molecular flexibility index (Phi) is 8.87. The fourth-order valence-electron chi connectivity index (χ4n) is 8.97. The molecule has 5 nitrogen and oxygen atoms in total. The first-order chi connectivity index (χ1) is 29.7. The molecule has 0 fully saturated rings. The predicted octanol–water partition coefficient (Wildman–Crippen LogP) is 13.2. The Morgan fingerprint density at radius 2 is 1.08 bits per heavy atom. The molecule has 0 unspecified atom stereocenters. The molecule has 0 aliphatic carbocycles. The van der Waals surface area contributed by atoms with Gasteiger partial charge in [-0.3, -0.25) is 0 Å². The number of rotatable bonds is 1. The summed E-state index contributed by atoms with van der Waals surface area (Å²) in [5, 5.41) is 9.78. The molecule has 2 aromatic heterocycles. The van der Waals surface area contributed by atoms with Crippen LogP contribution in [0.3, 0.4) is 0 Å². The molecule has 0 saturated carbocycles. The van der Waals surface area contributed by atoms with Crippen molar-refractivity contribution >= 4 is 93.3 Å². The van der Waals surface area contributed by atoms with Crippen molar-refractivity contribution in [2.75, 3.05) is 0 Å². The van der Waals surface area contributed by atoms with Gasteiger partial charge in [-0.05, 0) is 16.6 Å². The van der Waals surface area contributed by atoms with Gasteiger partial charge in [-0.2, -0.15) is 0 Å². The van der Waals surface area contributed by atoms with Gasteiger partial charge in [-0.25, -0.2) is 0 Å². The van der Waals surface area contributed by atoms with Gasteiger partial charge in [0.1, 0.15) is 11.2 Å². The van der Waals surface area contributed by atoms with Gasteiger partial charge in [0.05, 0.1) is 0 Å². The van der Waals surface area contributed by atoms with Gasteiger partial charge in [0, 0.05) is 51.7 Å². The average molecular weight is 961 g/mol. The molecule has 2 aliphatic rings. The van der Waals surface area contributed by atoms with E-state index in [-0.39, 0.29) is 21.1 Å². The van der Waals surface area contributed by atoms with Gasteiger partial charge >= 0.3 is 21.1 Å². The largest absolute Gasteiger partial charge is 4.00 e. The maximum absolute atomic E-state index is 7.17. The summed E-state index contributed by atoms with van der Waals surface area (Å²) in [4.78, 5) is 5.34. The van der Waals surface area contributed by atoms with Crippen molar-refractivity contribution in [1.29, 1.82) is 0 Å². The van der Waals surface area contributed by atoms with E-state index in [0.717, 1.165) is 109 Å². The molecule has 8 aromatic carbocycles. The van der Waals surface area contributed by atoms with Gasteiger partial charge in [-0.15, -0.1) is 81.5 Å². The molecule has 12 rings (SSSR count). The SMILES string of the molecule is C/C=C\n1[c-]nc2c3cccc2c2[c-]c(ccc2)c2ccccc2n2[c-][n+](cc2)c2cccc(c2c2[c-]c(ccc2)c2ccccc21)-c1cccc2c1oc1c-3cccc12.[Pt+4]. The summed E-state index contributed by atoms with van der Waals surface area (Å²) in [5.74, 6) is 0. The van der Waals surface area contributed by atoms with E-state index in [1.807, 2.05) is 23.8 Å². The summed E-state index contributed by atoms with van der Waals surface area (Å²) in [6.45, 7) is 2.01. The fraction of sp³-hybridized carbons (Fsp3) is 0.0182. The van der Waals surface area contributed by atoms with Crippen LogP contribution in [0.2, 0.25) is 0 Å². The number of hydrogen-bond acceptors (Lipinski definition) is 2. The topological polar surface area (TPSA) is 39.5 Å². The number of furan rings is 1. The zero-order valence-corrected chi connectivity index (χ0v) is 35.1. The molecule has 0 spiro atoms. The Bertz CT molecular complexity index is 3870. The summed E-state index contributed by atoms with van der Waals surface area (Å²) >= 11 is 0. The molecule has 0 radical (unpaired) electrons. The molecule has 6 heteroatoms. The van der Waals surface area contributed by atoms with Gasteiger partial charge in [0.15, 0.2) is 0 Å². The summed E-state index contributed by atoms with van der Waals surface area (Å²) in [5.41, 5.74) is 9.12. The van der Waals surface area contributed by atoms with Crippen LogP contribution in [-0.4, -0.2) is 14.0 Å². The van der Waals surface area contributed by atoms with Crippen LogP contribution < -0.4 is 4.40 Å². The third kappa shape index (κ3) is 5.88. The maximum atomic E-state index is 7.17. The number of imidazole rings is 1. The fourth-order valence-corrected chi connectivity index (χ4v) is 8.97. The molecule has 288 valence electrons. The zero-order chi connectivity index (χ0) is 39.7. The zero-order valence-electron chi connectivity index (χ0n) is 32.8. The van der Waals surface area contributed by atoms with Crippen LogP contribution in [0.15, 0.2) is 181 Å². The Morgan fingerprint density at radius 3 is 1.82 bits per heavy atom. The first-order valence-corrected chi connectivity index (χ1v) is 20.1. The molecule has 4 heterocycles. The van der Waals surface area contributed by atoms with E-state index in [1.54, 1.807) is 0 Å². The number of para-hydroxylation sites is 5. The molecule has 10 aromatic rings. The molecule has 14 bridgehead atoms. The Labute approximate surface area is 365 Å². The van der Waals surface area contributed by atoms with Crippen molar-refractivity contribution < 1.29 is 29.9 Å². The molecule has 0 N–H and O–H groups in total. The monoisotopic (exact) mass is 960 g/mol. The number of aromatic nitrogens is 4. The van der Waals surface area contributed by atoms with E-state index < -0.39 is 0 Å². The van der Waals surface area contributed by atoms with E-state index in [1.165, 1.54) is 0 Å². The first kappa shape index (κ1) is 36.7. The average Bonchev–Trinajstić information content (AvgIpc) is 3.96. The number of hydrogen-bond donors (Lipinski definition) is 0. The number of fused-ring (bicyclic) bond motifs is 14. The Hall–Kier alpha value is -7.33. The molecule has 0 amide bonds. The van der Waals surface area contributed by atoms with Crippen molar-refractivity contribution in [3.05, 3.63) is 201 Å². The van der Waals surface area contributed by atoms with E-state index in [0.29, 0.717) is 0 Å². The van der Waals surface area contributed by atoms with Crippen LogP contribution >= 0.6 is 0 Å². The minimum absolute atomic E-state index is 0. The van der Waals surface area contributed by atoms with Crippen LogP contribution in [0.5, 0.6) is 0 Å². The van der Waals surface area contributed by atoms with Crippen molar-refractivity contribution in [1.82, 2.24) is 14.0 Å². The Morgan fingerprint density at radius 1 is 0.541 bits per heavy atom. The quantitative estimate of drug-likeness (QED) is 0.121. The van der Waals surface area contributed by atoms with E-state index in [9.17, 15) is 0 Å².